The van der Waals surface area contributed by atoms with E-state index in [2.05, 4.69) is 45.2 Å². The van der Waals surface area contributed by atoms with Crippen molar-refractivity contribution < 1.29 is 4.74 Å². The first-order valence-corrected chi connectivity index (χ1v) is 7.26. The Balaban J connectivity index is 2.03. The van der Waals surface area contributed by atoms with Gasteiger partial charge in [-0.25, -0.2) is 0 Å². The number of hydrogen-bond acceptors (Lipinski definition) is 3. The number of benzene rings is 1. The average Bonchev–Trinajstić information content (AvgIpc) is 2.37. The Hall–Kier alpha value is -0.580. The lowest BCUT2D eigenvalue weighted by molar-refractivity contribution is 0.243. The maximum absolute atomic E-state index is 5.52. The van der Waals surface area contributed by atoms with Gasteiger partial charge < -0.3 is 15.0 Å². The van der Waals surface area contributed by atoms with Gasteiger partial charge in [-0.05, 0) is 36.6 Å². The van der Waals surface area contributed by atoms with Gasteiger partial charge in [-0.15, -0.1) is 0 Å². The van der Waals surface area contributed by atoms with Gasteiger partial charge in [0.1, 0.15) is 5.75 Å². The molecule has 1 saturated heterocycles. The summed E-state index contributed by atoms with van der Waals surface area (Å²) in [6, 6.07) is 4.28. The van der Waals surface area contributed by atoms with Gasteiger partial charge in [0.15, 0.2) is 0 Å². The van der Waals surface area contributed by atoms with E-state index in [-0.39, 0.29) is 0 Å². The number of hydrogen-bond donors (Lipinski definition) is 1. The second-order valence-corrected chi connectivity index (χ2v) is 5.67. The molecule has 1 aliphatic heterocycles. The first-order valence-electron chi connectivity index (χ1n) is 6.47. The summed E-state index contributed by atoms with van der Waals surface area (Å²) in [6.45, 7) is 7.71. The monoisotopic (exact) mass is 312 g/mol. The summed E-state index contributed by atoms with van der Waals surface area (Å²) in [4.78, 5) is 2.51. The lowest BCUT2D eigenvalue weighted by Gasteiger charge is -2.27. The smallest absolute Gasteiger partial charge is 0.125 e. The number of methoxy groups -OCH3 is 1. The number of nitrogens with zero attached hydrogens (tertiary/aromatic N) is 1. The van der Waals surface area contributed by atoms with Crippen molar-refractivity contribution in [3.8, 4) is 5.75 Å². The predicted molar refractivity (Wildman–Crippen MR) is 78.4 cm³/mol. The van der Waals surface area contributed by atoms with Gasteiger partial charge in [-0.2, -0.15) is 0 Å². The molecule has 18 heavy (non-hydrogen) atoms. The molecule has 1 N–H and O–H groups in total. The number of aryl methyl sites for hydroxylation is 1. The largest absolute Gasteiger partial charge is 0.496 e. The van der Waals surface area contributed by atoms with Crippen LogP contribution < -0.4 is 10.1 Å². The minimum atomic E-state index is 1.04. The van der Waals surface area contributed by atoms with Crippen molar-refractivity contribution >= 4 is 15.9 Å². The van der Waals surface area contributed by atoms with Crippen LogP contribution in [0.4, 0.5) is 0 Å². The van der Waals surface area contributed by atoms with Gasteiger partial charge in [0, 0.05) is 37.2 Å². The van der Waals surface area contributed by atoms with Gasteiger partial charge in [0.2, 0.25) is 0 Å². The molecule has 4 heteroatoms. The van der Waals surface area contributed by atoms with Crippen LogP contribution in [0.5, 0.6) is 5.75 Å². The van der Waals surface area contributed by atoms with E-state index in [1.165, 1.54) is 11.1 Å². The van der Waals surface area contributed by atoms with Crippen LogP contribution in [0.1, 0.15) is 11.1 Å². The lowest BCUT2D eigenvalue weighted by Crippen LogP contribution is -2.44. The van der Waals surface area contributed by atoms with E-state index in [9.17, 15) is 0 Å². The third kappa shape index (κ3) is 3.46. The number of halogens is 1. The Kier molecular flexibility index (Phi) is 5.03. The van der Waals surface area contributed by atoms with E-state index in [1.807, 2.05) is 0 Å². The molecule has 0 saturated carbocycles. The highest BCUT2D eigenvalue weighted by molar-refractivity contribution is 9.10. The van der Waals surface area contributed by atoms with E-state index in [0.29, 0.717) is 0 Å². The molecule has 0 radical (unpaired) electrons. The van der Waals surface area contributed by atoms with Gasteiger partial charge in [-0.1, -0.05) is 15.9 Å². The molecule has 3 nitrogen and oxygen atoms in total. The predicted octanol–water partition coefficient (Wildman–Crippen LogP) is 2.21. The third-order valence-electron chi connectivity index (χ3n) is 3.43. The molecule has 0 spiro atoms. The molecular formula is C14H21BrN2O. The first-order chi connectivity index (χ1) is 8.70. The molecule has 0 aromatic heterocycles. The van der Waals surface area contributed by atoms with Crippen molar-refractivity contribution in [2.45, 2.75) is 13.3 Å². The topological polar surface area (TPSA) is 24.5 Å². The molecule has 2 rings (SSSR count). The number of ether oxygens (including phenoxy) is 1. The molecule has 0 atom stereocenters. The van der Waals surface area contributed by atoms with Crippen LogP contribution in [-0.2, 0) is 6.42 Å². The SMILES string of the molecule is COc1c(C)cc(Br)cc1CCN1CCNCC1. The second-order valence-electron chi connectivity index (χ2n) is 4.76. The van der Waals surface area contributed by atoms with Crippen molar-refractivity contribution in [2.75, 3.05) is 39.8 Å². The normalized spacial score (nSPS) is 16.8. The quantitative estimate of drug-likeness (QED) is 0.922. The Morgan fingerprint density at radius 3 is 2.72 bits per heavy atom. The highest BCUT2D eigenvalue weighted by atomic mass is 79.9. The Morgan fingerprint density at radius 1 is 1.33 bits per heavy atom. The van der Waals surface area contributed by atoms with Crippen LogP contribution in [0.15, 0.2) is 16.6 Å². The lowest BCUT2D eigenvalue weighted by atomic mass is 10.1. The van der Waals surface area contributed by atoms with E-state index >= 15 is 0 Å². The van der Waals surface area contributed by atoms with Gasteiger partial charge in [0.05, 0.1) is 7.11 Å². The molecule has 0 aliphatic carbocycles. The standard InChI is InChI=1S/C14H21BrN2O/c1-11-9-13(15)10-12(14(11)18-2)3-6-17-7-4-16-5-8-17/h9-10,16H,3-8H2,1-2H3. The van der Waals surface area contributed by atoms with Gasteiger partial charge >= 0.3 is 0 Å². The van der Waals surface area contributed by atoms with Crippen molar-refractivity contribution in [3.63, 3.8) is 0 Å². The van der Waals surface area contributed by atoms with E-state index in [1.54, 1.807) is 7.11 Å². The van der Waals surface area contributed by atoms with Crippen LogP contribution in [0.25, 0.3) is 0 Å². The molecule has 0 amide bonds. The fourth-order valence-electron chi connectivity index (χ4n) is 2.49. The summed E-state index contributed by atoms with van der Waals surface area (Å²) in [5, 5.41) is 3.38. The van der Waals surface area contributed by atoms with Crippen molar-refractivity contribution in [1.29, 1.82) is 0 Å². The zero-order valence-corrected chi connectivity index (χ0v) is 12.7. The molecule has 0 bridgehead atoms. The van der Waals surface area contributed by atoms with Crippen molar-refractivity contribution in [3.05, 3.63) is 27.7 Å². The van der Waals surface area contributed by atoms with Crippen LogP contribution in [0, 0.1) is 6.92 Å². The summed E-state index contributed by atoms with van der Waals surface area (Å²) in [6.07, 6.45) is 1.05. The summed E-state index contributed by atoms with van der Waals surface area (Å²) >= 11 is 3.56. The number of nitrogens with one attached hydrogen (secondary N) is 1. The van der Waals surface area contributed by atoms with Crippen molar-refractivity contribution in [1.82, 2.24) is 10.2 Å². The average molecular weight is 313 g/mol. The van der Waals surface area contributed by atoms with Crippen LogP contribution in [0.3, 0.4) is 0 Å². The van der Waals surface area contributed by atoms with Crippen LogP contribution in [-0.4, -0.2) is 44.7 Å². The fourth-order valence-corrected chi connectivity index (χ4v) is 3.11. The fraction of sp³-hybridized carbons (Fsp3) is 0.571. The Morgan fingerprint density at radius 2 is 2.06 bits per heavy atom. The summed E-state index contributed by atoms with van der Waals surface area (Å²) in [5.41, 5.74) is 2.49. The van der Waals surface area contributed by atoms with Gasteiger partial charge in [-0.3, -0.25) is 0 Å². The zero-order valence-electron chi connectivity index (χ0n) is 11.1. The maximum Gasteiger partial charge on any atom is 0.125 e. The summed E-state index contributed by atoms with van der Waals surface area (Å²) in [5.74, 6) is 1.04. The molecule has 100 valence electrons. The summed E-state index contributed by atoms with van der Waals surface area (Å²) < 4.78 is 6.65. The molecule has 1 aliphatic rings. The molecule has 1 fully saturated rings. The molecule has 0 unspecified atom stereocenters. The second kappa shape index (κ2) is 6.55. The van der Waals surface area contributed by atoms with Crippen LogP contribution >= 0.6 is 15.9 Å². The minimum absolute atomic E-state index is 1.04. The van der Waals surface area contributed by atoms with Crippen LogP contribution in [0.2, 0.25) is 0 Å². The Bertz CT molecular complexity index is 403. The van der Waals surface area contributed by atoms with E-state index in [4.69, 9.17) is 4.74 Å². The van der Waals surface area contributed by atoms with E-state index < -0.39 is 0 Å². The number of piperazine rings is 1. The minimum Gasteiger partial charge on any atom is -0.496 e. The maximum atomic E-state index is 5.52. The van der Waals surface area contributed by atoms with E-state index in [0.717, 1.165) is 49.4 Å². The third-order valence-corrected chi connectivity index (χ3v) is 3.89. The highest BCUT2D eigenvalue weighted by Crippen LogP contribution is 2.28. The molecule has 1 heterocycles. The van der Waals surface area contributed by atoms with Gasteiger partial charge in [0.25, 0.3) is 0 Å². The molecular weight excluding hydrogens is 292 g/mol. The zero-order chi connectivity index (χ0) is 13.0. The molecule has 1 aromatic rings. The summed E-state index contributed by atoms with van der Waals surface area (Å²) in [7, 11) is 1.75. The van der Waals surface area contributed by atoms with Crippen molar-refractivity contribution in [2.24, 2.45) is 0 Å². The highest BCUT2D eigenvalue weighted by Gasteiger charge is 2.12. The first kappa shape index (κ1) is 13.8. The number of rotatable bonds is 4. The molecule has 1 aromatic carbocycles. The Labute approximate surface area is 118 Å².